The highest BCUT2D eigenvalue weighted by atomic mass is 35.5. The van der Waals surface area contributed by atoms with Gasteiger partial charge in [0.2, 0.25) is 0 Å². The molecule has 2 atom stereocenters. The van der Waals surface area contributed by atoms with Crippen molar-refractivity contribution in [2.45, 2.75) is 31.1 Å². The van der Waals surface area contributed by atoms with Crippen molar-refractivity contribution in [2.24, 2.45) is 5.92 Å². The molecule has 1 heterocycles. The first-order valence-electron chi connectivity index (χ1n) is 5.94. The van der Waals surface area contributed by atoms with Crippen molar-refractivity contribution in [1.82, 2.24) is 15.3 Å². The lowest BCUT2D eigenvalue weighted by Crippen LogP contribution is -2.34. The molecule has 1 aliphatic carbocycles. The van der Waals surface area contributed by atoms with Gasteiger partial charge in [-0.05, 0) is 18.8 Å². The van der Waals surface area contributed by atoms with E-state index in [1.165, 1.54) is 31.6 Å². The van der Waals surface area contributed by atoms with Crippen LogP contribution in [-0.4, -0.2) is 27.8 Å². The Bertz CT molecular complexity index is 371. The fraction of sp³-hybridized carbons (Fsp3) is 0.583. The Labute approximate surface area is 106 Å². The van der Waals surface area contributed by atoms with Gasteiger partial charge in [0.25, 0.3) is 5.91 Å². The van der Waals surface area contributed by atoms with E-state index in [0.717, 1.165) is 12.8 Å². The molecule has 4 nitrogen and oxygen atoms in total. The molecule has 0 bridgehead atoms. The molecule has 2 unspecified atom stereocenters. The number of halogens is 1. The molecule has 0 spiro atoms. The summed E-state index contributed by atoms with van der Waals surface area (Å²) in [4.78, 5) is 19.4. The lowest BCUT2D eigenvalue weighted by Gasteiger charge is -2.27. The Morgan fingerprint density at radius 2 is 2.06 bits per heavy atom. The second-order valence-electron chi connectivity index (χ2n) is 4.40. The van der Waals surface area contributed by atoms with E-state index < -0.39 is 0 Å². The van der Waals surface area contributed by atoms with Gasteiger partial charge in [-0.25, -0.2) is 9.97 Å². The molecule has 1 amide bonds. The molecule has 1 aromatic heterocycles. The lowest BCUT2D eigenvalue weighted by atomic mass is 9.89. The number of nitrogens with zero attached hydrogens (tertiary/aromatic N) is 2. The van der Waals surface area contributed by atoms with E-state index in [2.05, 4.69) is 15.3 Å². The standard InChI is InChI=1S/C12H16ClN3O/c13-11-4-2-1-3-9(11)7-16-12(17)10-5-14-8-15-6-10/h5-6,8-9,11H,1-4,7H2,(H,16,17). The Morgan fingerprint density at radius 1 is 1.35 bits per heavy atom. The summed E-state index contributed by atoms with van der Waals surface area (Å²) in [7, 11) is 0. The number of aromatic nitrogens is 2. The van der Waals surface area contributed by atoms with Gasteiger partial charge in [0.05, 0.1) is 5.56 Å². The second-order valence-corrected chi connectivity index (χ2v) is 4.96. The molecule has 5 heteroatoms. The molecule has 1 fully saturated rings. The van der Waals surface area contributed by atoms with Crippen LogP contribution < -0.4 is 5.32 Å². The Hall–Kier alpha value is -1.16. The lowest BCUT2D eigenvalue weighted by molar-refractivity contribution is 0.0943. The van der Waals surface area contributed by atoms with E-state index in [0.29, 0.717) is 18.0 Å². The van der Waals surface area contributed by atoms with Crippen molar-refractivity contribution < 1.29 is 4.79 Å². The third kappa shape index (κ3) is 3.40. The number of alkyl halides is 1. The zero-order valence-electron chi connectivity index (χ0n) is 9.60. The van der Waals surface area contributed by atoms with Gasteiger partial charge in [-0.15, -0.1) is 11.6 Å². The van der Waals surface area contributed by atoms with E-state index in [4.69, 9.17) is 11.6 Å². The smallest absolute Gasteiger partial charge is 0.254 e. The van der Waals surface area contributed by atoms with Gasteiger partial charge in [0, 0.05) is 24.3 Å². The van der Waals surface area contributed by atoms with E-state index in [9.17, 15) is 4.79 Å². The van der Waals surface area contributed by atoms with Gasteiger partial charge in [0.15, 0.2) is 0 Å². The van der Waals surface area contributed by atoms with Crippen molar-refractivity contribution in [3.8, 4) is 0 Å². The Kier molecular flexibility index (Phi) is 4.31. The van der Waals surface area contributed by atoms with Crippen LogP contribution in [0.15, 0.2) is 18.7 Å². The molecule has 0 aromatic carbocycles. The summed E-state index contributed by atoms with van der Waals surface area (Å²) < 4.78 is 0. The minimum atomic E-state index is -0.125. The average Bonchev–Trinajstić information content (AvgIpc) is 2.38. The van der Waals surface area contributed by atoms with E-state index >= 15 is 0 Å². The summed E-state index contributed by atoms with van der Waals surface area (Å²) in [6.45, 7) is 0.641. The van der Waals surface area contributed by atoms with Crippen LogP contribution in [0.3, 0.4) is 0 Å². The summed E-state index contributed by atoms with van der Waals surface area (Å²) in [6, 6.07) is 0. The topological polar surface area (TPSA) is 54.9 Å². The molecule has 1 saturated carbocycles. The van der Waals surface area contributed by atoms with Gasteiger partial charge in [-0.3, -0.25) is 4.79 Å². The highest BCUT2D eigenvalue weighted by molar-refractivity contribution is 6.20. The van der Waals surface area contributed by atoms with Crippen LogP contribution in [0.2, 0.25) is 0 Å². The molecule has 1 aliphatic rings. The fourth-order valence-corrected chi connectivity index (χ4v) is 2.50. The third-order valence-corrected chi connectivity index (χ3v) is 3.74. The second kappa shape index (κ2) is 5.96. The maximum absolute atomic E-state index is 11.8. The average molecular weight is 254 g/mol. The van der Waals surface area contributed by atoms with Crippen LogP contribution in [0, 0.1) is 5.92 Å². The monoisotopic (exact) mass is 253 g/mol. The molecule has 17 heavy (non-hydrogen) atoms. The van der Waals surface area contributed by atoms with Gasteiger partial charge < -0.3 is 5.32 Å². The van der Waals surface area contributed by atoms with Crippen molar-refractivity contribution >= 4 is 17.5 Å². The Balaban J connectivity index is 1.84. The molecule has 2 rings (SSSR count). The molecule has 0 saturated heterocycles. The first-order chi connectivity index (χ1) is 8.27. The molecule has 0 aliphatic heterocycles. The Morgan fingerprint density at radius 3 is 2.76 bits per heavy atom. The maximum atomic E-state index is 11.8. The minimum Gasteiger partial charge on any atom is -0.352 e. The van der Waals surface area contributed by atoms with Gasteiger partial charge >= 0.3 is 0 Å². The first kappa shape index (κ1) is 12.3. The van der Waals surface area contributed by atoms with Gasteiger partial charge in [-0.1, -0.05) is 12.8 Å². The quantitative estimate of drug-likeness (QED) is 0.839. The predicted octanol–water partition coefficient (Wildman–Crippen LogP) is 2.00. The predicted molar refractivity (Wildman–Crippen MR) is 66.0 cm³/mol. The van der Waals surface area contributed by atoms with Crippen LogP contribution in [0.1, 0.15) is 36.0 Å². The van der Waals surface area contributed by atoms with E-state index in [-0.39, 0.29) is 11.3 Å². The number of carbonyl (C=O) groups excluding carboxylic acids is 1. The van der Waals surface area contributed by atoms with Crippen molar-refractivity contribution in [3.05, 3.63) is 24.3 Å². The number of nitrogens with one attached hydrogen (secondary N) is 1. The van der Waals surface area contributed by atoms with E-state index in [1.54, 1.807) is 0 Å². The number of amides is 1. The number of rotatable bonds is 3. The van der Waals surface area contributed by atoms with Crippen LogP contribution in [0.25, 0.3) is 0 Å². The molecular formula is C12H16ClN3O. The fourth-order valence-electron chi connectivity index (χ4n) is 2.13. The molecular weight excluding hydrogens is 238 g/mol. The molecule has 1 aromatic rings. The normalized spacial score (nSPS) is 24.3. The zero-order chi connectivity index (χ0) is 12.1. The van der Waals surface area contributed by atoms with E-state index in [1.807, 2.05) is 0 Å². The number of hydrogen-bond acceptors (Lipinski definition) is 3. The van der Waals surface area contributed by atoms with Crippen molar-refractivity contribution in [2.75, 3.05) is 6.54 Å². The van der Waals surface area contributed by atoms with Crippen LogP contribution in [0.5, 0.6) is 0 Å². The van der Waals surface area contributed by atoms with Crippen molar-refractivity contribution in [1.29, 1.82) is 0 Å². The zero-order valence-corrected chi connectivity index (χ0v) is 10.4. The highest BCUT2D eigenvalue weighted by Gasteiger charge is 2.23. The van der Waals surface area contributed by atoms with Crippen LogP contribution >= 0.6 is 11.6 Å². The number of hydrogen-bond donors (Lipinski definition) is 1. The summed E-state index contributed by atoms with van der Waals surface area (Å²) in [5.41, 5.74) is 0.495. The minimum absolute atomic E-state index is 0.125. The largest absolute Gasteiger partial charge is 0.352 e. The van der Waals surface area contributed by atoms with Gasteiger partial charge in [-0.2, -0.15) is 0 Å². The van der Waals surface area contributed by atoms with Crippen LogP contribution in [0.4, 0.5) is 0 Å². The summed E-state index contributed by atoms with van der Waals surface area (Å²) in [6.07, 6.45) is 9.00. The molecule has 1 N–H and O–H groups in total. The SMILES string of the molecule is O=C(NCC1CCCCC1Cl)c1cncnc1. The van der Waals surface area contributed by atoms with Crippen LogP contribution in [-0.2, 0) is 0 Å². The summed E-state index contributed by atoms with van der Waals surface area (Å²) in [5.74, 6) is 0.263. The van der Waals surface area contributed by atoms with Gasteiger partial charge in [0.1, 0.15) is 6.33 Å². The summed E-state index contributed by atoms with van der Waals surface area (Å²) in [5, 5.41) is 3.09. The molecule has 92 valence electrons. The first-order valence-corrected chi connectivity index (χ1v) is 6.38. The summed E-state index contributed by atoms with van der Waals surface area (Å²) >= 11 is 6.24. The number of carbonyl (C=O) groups is 1. The maximum Gasteiger partial charge on any atom is 0.254 e. The van der Waals surface area contributed by atoms with Crippen molar-refractivity contribution in [3.63, 3.8) is 0 Å². The highest BCUT2D eigenvalue weighted by Crippen LogP contribution is 2.27. The molecule has 0 radical (unpaired) electrons. The third-order valence-electron chi connectivity index (χ3n) is 3.16.